The molecule has 0 aliphatic rings. The van der Waals surface area contributed by atoms with Crippen LogP contribution in [0.25, 0.3) is 0 Å². The SMILES string of the molecule is CC(SCC(=O)Nc1ccc(F)cc1)C(=O)Nc1ccc(F)c(F)c1. The van der Waals surface area contributed by atoms with Gasteiger partial charge in [0.1, 0.15) is 5.82 Å². The molecule has 132 valence electrons. The number of amides is 2. The Balaban J connectivity index is 1.81. The Labute approximate surface area is 146 Å². The Kier molecular flexibility index (Phi) is 6.46. The highest BCUT2D eigenvalue weighted by atomic mass is 32.2. The number of hydrogen-bond acceptors (Lipinski definition) is 3. The largest absolute Gasteiger partial charge is 0.325 e. The Bertz CT molecular complexity index is 769. The van der Waals surface area contributed by atoms with E-state index in [0.29, 0.717) is 5.69 Å². The fourth-order valence-electron chi connectivity index (χ4n) is 1.82. The maximum absolute atomic E-state index is 13.1. The van der Waals surface area contributed by atoms with Gasteiger partial charge in [-0.1, -0.05) is 0 Å². The molecule has 0 bridgehead atoms. The molecule has 0 aliphatic heterocycles. The third kappa shape index (κ3) is 5.82. The lowest BCUT2D eigenvalue weighted by molar-refractivity contribution is -0.115. The third-order valence-corrected chi connectivity index (χ3v) is 4.29. The van der Waals surface area contributed by atoms with Gasteiger partial charge in [-0.15, -0.1) is 11.8 Å². The van der Waals surface area contributed by atoms with Gasteiger partial charge in [-0.05, 0) is 43.3 Å². The lowest BCUT2D eigenvalue weighted by Gasteiger charge is -2.12. The summed E-state index contributed by atoms with van der Waals surface area (Å²) in [5, 5.41) is 4.44. The number of benzene rings is 2. The number of halogens is 3. The van der Waals surface area contributed by atoms with E-state index in [0.717, 1.165) is 23.9 Å². The smallest absolute Gasteiger partial charge is 0.237 e. The fourth-order valence-corrected chi connectivity index (χ4v) is 2.51. The van der Waals surface area contributed by atoms with Crippen molar-refractivity contribution in [3.05, 3.63) is 59.9 Å². The minimum atomic E-state index is -1.06. The molecular formula is C17H15F3N2O2S. The summed E-state index contributed by atoms with van der Waals surface area (Å²) in [6.45, 7) is 1.59. The average Bonchev–Trinajstić information content (AvgIpc) is 2.58. The second kappa shape index (κ2) is 8.57. The predicted molar refractivity (Wildman–Crippen MR) is 91.9 cm³/mol. The van der Waals surface area contributed by atoms with Crippen molar-refractivity contribution >= 4 is 35.0 Å². The van der Waals surface area contributed by atoms with Crippen LogP contribution in [-0.4, -0.2) is 22.8 Å². The average molecular weight is 368 g/mol. The fraction of sp³-hybridized carbons (Fsp3) is 0.176. The molecule has 2 amide bonds. The van der Waals surface area contributed by atoms with Crippen LogP contribution in [-0.2, 0) is 9.59 Å². The van der Waals surface area contributed by atoms with E-state index in [9.17, 15) is 22.8 Å². The van der Waals surface area contributed by atoms with E-state index in [-0.39, 0.29) is 17.3 Å². The molecule has 4 nitrogen and oxygen atoms in total. The zero-order chi connectivity index (χ0) is 18.4. The molecule has 0 radical (unpaired) electrons. The minimum absolute atomic E-state index is 0.00371. The Morgan fingerprint density at radius 3 is 2.24 bits per heavy atom. The lowest BCUT2D eigenvalue weighted by Crippen LogP contribution is -2.25. The molecule has 0 aliphatic carbocycles. The number of nitrogens with one attached hydrogen (secondary N) is 2. The van der Waals surface area contributed by atoms with Gasteiger partial charge in [0, 0.05) is 17.4 Å². The van der Waals surface area contributed by atoms with Crippen LogP contribution >= 0.6 is 11.8 Å². The maximum Gasteiger partial charge on any atom is 0.237 e. The molecule has 2 aromatic carbocycles. The van der Waals surface area contributed by atoms with Crippen LogP contribution in [0, 0.1) is 17.5 Å². The van der Waals surface area contributed by atoms with Crippen molar-refractivity contribution in [1.82, 2.24) is 0 Å². The molecule has 0 fully saturated rings. The first-order valence-corrected chi connectivity index (χ1v) is 8.33. The molecule has 2 rings (SSSR count). The van der Waals surface area contributed by atoms with Crippen LogP contribution in [0.2, 0.25) is 0 Å². The number of thioether (sulfide) groups is 1. The van der Waals surface area contributed by atoms with Gasteiger partial charge in [-0.3, -0.25) is 9.59 Å². The van der Waals surface area contributed by atoms with E-state index in [1.807, 2.05) is 0 Å². The highest BCUT2D eigenvalue weighted by Gasteiger charge is 2.16. The van der Waals surface area contributed by atoms with Gasteiger partial charge < -0.3 is 10.6 Å². The first-order chi connectivity index (χ1) is 11.8. The summed E-state index contributed by atoms with van der Waals surface area (Å²) in [5.41, 5.74) is 0.581. The second-order valence-electron chi connectivity index (χ2n) is 5.13. The van der Waals surface area contributed by atoms with Crippen molar-refractivity contribution < 1.29 is 22.8 Å². The third-order valence-electron chi connectivity index (χ3n) is 3.15. The Morgan fingerprint density at radius 1 is 0.960 bits per heavy atom. The number of hydrogen-bond donors (Lipinski definition) is 2. The van der Waals surface area contributed by atoms with Gasteiger partial charge in [0.15, 0.2) is 11.6 Å². The van der Waals surface area contributed by atoms with Crippen LogP contribution in [0.15, 0.2) is 42.5 Å². The molecule has 1 atom stereocenters. The summed E-state index contributed by atoms with van der Waals surface area (Å²) < 4.78 is 38.7. The monoisotopic (exact) mass is 368 g/mol. The van der Waals surface area contributed by atoms with Crippen molar-refractivity contribution in [2.24, 2.45) is 0 Å². The predicted octanol–water partition coefficient (Wildman–Crippen LogP) is 3.80. The molecule has 1 unspecified atom stereocenters. The Hall–Kier alpha value is -2.48. The van der Waals surface area contributed by atoms with E-state index in [1.165, 1.54) is 30.3 Å². The zero-order valence-electron chi connectivity index (χ0n) is 13.2. The van der Waals surface area contributed by atoms with Gasteiger partial charge in [0.05, 0.1) is 11.0 Å². The van der Waals surface area contributed by atoms with Gasteiger partial charge in [0.25, 0.3) is 0 Å². The quantitative estimate of drug-likeness (QED) is 0.815. The van der Waals surface area contributed by atoms with Crippen LogP contribution < -0.4 is 10.6 Å². The molecule has 0 saturated carbocycles. The molecule has 2 aromatic rings. The summed E-state index contributed by atoms with van der Waals surface area (Å²) in [6, 6.07) is 8.34. The van der Waals surface area contributed by atoms with Gasteiger partial charge in [-0.2, -0.15) is 0 Å². The topological polar surface area (TPSA) is 58.2 Å². The van der Waals surface area contributed by atoms with Crippen molar-refractivity contribution in [3.63, 3.8) is 0 Å². The van der Waals surface area contributed by atoms with Crippen molar-refractivity contribution in [2.45, 2.75) is 12.2 Å². The number of carbonyl (C=O) groups excluding carboxylic acids is 2. The van der Waals surface area contributed by atoms with Crippen molar-refractivity contribution in [2.75, 3.05) is 16.4 Å². The normalized spacial score (nSPS) is 11.7. The van der Waals surface area contributed by atoms with E-state index < -0.39 is 28.6 Å². The standard InChI is InChI=1S/C17H15F3N2O2S/c1-10(17(24)22-13-6-7-14(19)15(20)8-13)25-9-16(23)21-12-4-2-11(18)3-5-12/h2-8,10H,9H2,1H3,(H,21,23)(H,22,24). The molecule has 2 N–H and O–H groups in total. The number of carbonyl (C=O) groups is 2. The zero-order valence-corrected chi connectivity index (χ0v) is 14.0. The van der Waals surface area contributed by atoms with E-state index >= 15 is 0 Å². The maximum atomic E-state index is 13.1. The molecular weight excluding hydrogens is 353 g/mol. The molecule has 8 heteroatoms. The first-order valence-electron chi connectivity index (χ1n) is 7.28. The van der Waals surface area contributed by atoms with Crippen LogP contribution in [0.3, 0.4) is 0 Å². The summed E-state index contributed by atoms with van der Waals surface area (Å²) >= 11 is 1.08. The summed E-state index contributed by atoms with van der Waals surface area (Å²) in [6.07, 6.45) is 0. The molecule has 0 saturated heterocycles. The van der Waals surface area contributed by atoms with Crippen molar-refractivity contribution in [1.29, 1.82) is 0 Å². The van der Waals surface area contributed by atoms with Gasteiger partial charge >= 0.3 is 0 Å². The van der Waals surface area contributed by atoms with Gasteiger partial charge in [-0.25, -0.2) is 13.2 Å². The number of rotatable bonds is 6. The van der Waals surface area contributed by atoms with E-state index in [2.05, 4.69) is 10.6 Å². The van der Waals surface area contributed by atoms with Gasteiger partial charge in [0.2, 0.25) is 11.8 Å². The molecule has 0 aromatic heterocycles. The summed E-state index contributed by atoms with van der Waals surface area (Å²) in [4.78, 5) is 23.8. The number of anilines is 2. The lowest BCUT2D eigenvalue weighted by atomic mass is 10.3. The molecule has 0 heterocycles. The van der Waals surface area contributed by atoms with Crippen LogP contribution in [0.1, 0.15) is 6.92 Å². The van der Waals surface area contributed by atoms with E-state index in [4.69, 9.17) is 0 Å². The highest BCUT2D eigenvalue weighted by Crippen LogP contribution is 2.17. The Morgan fingerprint density at radius 2 is 1.60 bits per heavy atom. The summed E-state index contributed by atoms with van der Waals surface area (Å²) in [5.74, 6) is -3.25. The van der Waals surface area contributed by atoms with E-state index in [1.54, 1.807) is 6.92 Å². The highest BCUT2D eigenvalue weighted by molar-refractivity contribution is 8.01. The minimum Gasteiger partial charge on any atom is -0.325 e. The van der Waals surface area contributed by atoms with Crippen LogP contribution in [0.5, 0.6) is 0 Å². The molecule has 25 heavy (non-hydrogen) atoms. The molecule has 0 spiro atoms. The summed E-state index contributed by atoms with van der Waals surface area (Å²) in [7, 11) is 0. The second-order valence-corrected chi connectivity index (χ2v) is 6.46. The first kappa shape index (κ1) is 18.9. The van der Waals surface area contributed by atoms with Crippen molar-refractivity contribution in [3.8, 4) is 0 Å². The van der Waals surface area contributed by atoms with Crippen LogP contribution in [0.4, 0.5) is 24.5 Å².